The molecule has 2 nitrogen and oxygen atoms in total. The fraction of sp³-hybridized carbons (Fsp3) is 0.538. The number of benzene rings is 1. The van der Waals surface area contributed by atoms with E-state index < -0.39 is 6.10 Å². The predicted molar refractivity (Wildman–Crippen MR) is 62.4 cm³/mol. The molecule has 0 fully saturated rings. The van der Waals surface area contributed by atoms with E-state index in [0.29, 0.717) is 12.5 Å². The summed E-state index contributed by atoms with van der Waals surface area (Å²) in [5.41, 5.74) is 2.59. The minimum Gasteiger partial charge on any atom is -0.491 e. The number of aliphatic hydroxyl groups excluding tert-OH is 1. The largest absolute Gasteiger partial charge is 0.491 e. The summed E-state index contributed by atoms with van der Waals surface area (Å²) in [6.07, 6.45) is -0.421. The zero-order valence-electron chi connectivity index (χ0n) is 9.95. The molecule has 15 heavy (non-hydrogen) atoms. The topological polar surface area (TPSA) is 29.5 Å². The second-order valence-corrected chi connectivity index (χ2v) is 4.33. The Morgan fingerprint density at radius 2 is 1.93 bits per heavy atom. The van der Waals surface area contributed by atoms with Crippen molar-refractivity contribution in [3.05, 3.63) is 29.3 Å². The zero-order valence-corrected chi connectivity index (χ0v) is 9.95. The highest BCUT2D eigenvalue weighted by molar-refractivity contribution is 5.36. The van der Waals surface area contributed by atoms with Crippen molar-refractivity contribution in [2.75, 3.05) is 6.61 Å². The average molecular weight is 208 g/mol. The van der Waals surface area contributed by atoms with Gasteiger partial charge in [-0.15, -0.1) is 0 Å². The van der Waals surface area contributed by atoms with Crippen LogP contribution in [0, 0.1) is 6.92 Å². The van der Waals surface area contributed by atoms with E-state index in [4.69, 9.17) is 9.84 Å². The van der Waals surface area contributed by atoms with E-state index in [-0.39, 0.29) is 0 Å². The molecule has 1 rings (SSSR count). The fourth-order valence-electron chi connectivity index (χ4n) is 1.60. The van der Waals surface area contributed by atoms with E-state index in [1.54, 1.807) is 6.92 Å². The maximum absolute atomic E-state index is 9.10. The van der Waals surface area contributed by atoms with Gasteiger partial charge in [0.1, 0.15) is 12.4 Å². The molecule has 0 aromatic heterocycles. The quantitative estimate of drug-likeness (QED) is 0.824. The molecule has 1 aromatic carbocycles. The first kappa shape index (κ1) is 12.1. The number of aryl methyl sites for hydroxylation is 1. The summed E-state index contributed by atoms with van der Waals surface area (Å²) in [5.74, 6) is 1.37. The van der Waals surface area contributed by atoms with Crippen molar-refractivity contribution >= 4 is 0 Å². The maximum Gasteiger partial charge on any atom is 0.119 e. The third kappa shape index (κ3) is 3.56. The van der Waals surface area contributed by atoms with Gasteiger partial charge < -0.3 is 9.84 Å². The molecular weight excluding hydrogens is 188 g/mol. The van der Waals surface area contributed by atoms with Crippen LogP contribution in [0.2, 0.25) is 0 Å². The van der Waals surface area contributed by atoms with Crippen molar-refractivity contribution in [1.29, 1.82) is 0 Å². The Hall–Kier alpha value is -1.02. The highest BCUT2D eigenvalue weighted by atomic mass is 16.5. The van der Waals surface area contributed by atoms with Gasteiger partial charge in [0.2, 0.25) is 0 Å². The van der Waals surface area contributed by atoms with Crippen LogP contribution in [0.25, 0.3) is 0 Å². The van der Waals surface area contributed by atoms with Crippen LogP contribution in [0.15, 0.2) is 18.2 Å². The first-order valence-corrected chi connectivity index (χ1v) is 5.42. The lowest BCUT2D eigenvalue weighted by Crippen LogP contribution is -2.12. The van der Waals surface area contributed by atoms with Crippen molar-refractivity contribution in [3.8, 4) is 5.75 Å². The summed E-state index contributed by atoms with van der Waals surface area (Å²) < 4.78 is 5.43. The minimum atomic E-state index is -0.421. The summed E-state index contributed by atoms with van der Waals surface area (Å²) in [4.78, 5) is 0. The molecule has 0 radical (unpaired) electrons. The zero-order chi connectivity index (χ0) is 11.4. The van der Waals surface area contributed by atoms with E-state index in [1.165, 1.54) is 11.1 Å². The third-order valence-corrected chi connectivity index (χ3v) is 2.35. The van der Waals surface area contributed by atoms with Gasteiger partial charge in [-0.2, -0.15) is 0 Å². The van der Waals surface area contributed by atoms with Crippen molar-refractivity contribution < 1.29 is 9.84 Å². The van der Waals surface area contributed by atoms with Crippen LogP contribution in [0.5, 0.6) is 5.75 Å². The van der Waals surface area contributed by atoms with Gasteiger partial charge in [0.05, 0.1) is 6.10 Å². The molecule has 0 bridgehead atoms. The molecule has 0 saturated heterocycles. The normalized spacial score (nSPS) is 12.9. The summed E-state index contributed by atoms with van der Waals surface area (Å²) in [7, 11) is 0. The summed E-state index contributed by atoms with van der Waals surface area (Å²) in [5, 5.41) is 9.10. The standard InChI is InChI=1S/C13H20O2/c1-9(2)13-6-5-12(7-10(13)3)15-8-11(4)14/h5-7,9,11,14H,8H2,1-4H3/t11-/m1/s1. The number of hydrogen-bond acceptors (Lipinski definition) is 2. The van der Waals surface area contributed by atoms with Crippen molar-refractivity contribution in [2.24, 2.45) is 0 Å². The number of rotatable bonds is 4. The summed E-state index contributed by atoms with van der Waals surface area (Å²) in [6, 6.07) is 6.08. The lowest BCUT2D eigenvalue weighted by Gasteiger charge is -2.13. The van der Waals surface area contributed by atoms with Gasteiger partial charge in [0.25, 0.3) is 0 Å². The van der Waals surface area contributed by atoms with Crippen LogP contribution in [0.1, 0.15) is 37.8 Å². The van der Waals surface area contributed by atoms with Crippen LogP contribution in [0.3, 0.4) is 0 Å². The van der Waals surface area contributed by atoms with Crippen LogP contribution >= 0.6 is 0 Å². The van der Waals surface area contributed by atoms with Gasteiger partial charge in [-0.05, 0) is 43.0 Å². The first-order valence-electron chi connectivity index (χ1n) is 5.42. The smallest absolute Gasteiger partial charge is 0.119 e. The Morgan fingerprint density at radius 3 is 2.40 bits per heavy atom. The molecule has 0 spiro atoms. The van der Waals surface area contributed by atoms with Crippen molar-refractivity contribution in [3.63, 3.8) is 0 Å². The van der Waals surface area contributed by atoms with Crippen LogP contribution in [-0.4, -0.2) is 17.8 Å². The molecule has 0 aliphatic rings. The molecule has 0 saturated carbocycles. The van der Waals surface area contributed by atoms with Gasteiger partial charge in [-0.1, -0.05) is 19.9 Å². The van der Waals surface area contributed by atoms with Crippen LogP contribution in [0.4, 0.5) is 0 Å². The van der Waals surface area contributed by atoms with Gasteiger partial charge >= 0.3 is 0 Å². The molecule has 0 unspecified atom stereocenters. The Balaban J connectivity index is 2.73. The second-order valence-electron chi connectivity index (χ2n) is 4.33. The number of aliphatic hydroxyl groups is 1. The molecule has 0 amide bonds. The SMILES string of the molecule is Cc1cc(OC[C@@H](C)O)ccc1C(C)C. The van der Waals surface area contributed by atoms with E-state index >= 15 is 0 Å². The van der Waals surface area contributed by atoms with Crippen molar-refractivity contribution in [1.82, 2.24) is 0 Å². The van der Waals surface area contributed by atoms with Crippen LogP contribution < -0.4 is 4.74 Å². The molecule has 84 valence electrons. The minimum absolute atomic E-state index is 0.348. The molecule has 1 aromatic rings. The average Bonchev–Trinajstić information content (AvgIpc) is 2.14. The highest BCUT2D eigenvalue weighted by Crippen LogP contribution is 2.23. The number of ether oxygens (including phenoxy) is 1. The van der Waals surface area contributed by atoms with E-state index in [9.17, 15) is 0 Å². The Labute approximate surface area is 91.9 Å². The Bertz CT molecular complexity index is 316. The molecule has 2 heteroatoms. The van der Waals surface area contributed by atoms with Gasteiger partial charge in [-0.3, -0.25) is 0 Å². The van der Waals surface area contributed by atoms with E-state index in [1.807, 2.05) is 12.1 Å². The molecule has 1 atom stereocenters. The second kappa shape index (κ2) is 5.17. The van der Waals surface area contributed by atoms with Gasteiger partial charge in [0, 0.05) is 0 Å². The van der Waals surface area contributed by atoms with Crippen molar-refractivity contribution in [2.45, 2.75) is 39.7 Å². The monoisotopic (exact) mass is 208 g/mol. The fourth-order valence-corrected chi connectivity index (χ4v) is 1.60. The Morgan fingerprint density at radius 1 is 1.27 bits per heavy atom. The highest BCUT2D eigenvalue weighted by Gasteiger charge is 2.05. The van der Waals surface area contributed by atoms with E-state index in [0.717, 1.165) is 5.75 Å². The van der Waals surface area contributed by atoms with Gasteiger partial charge in [-0.25, -0.2) is 0 Å². The lowest BCUT2D eigenvalue weighted by atomic mass is 9.98. The van der Waals surface area contributed by atoms with E-state index in [2.05, 4.69) is 26.8 Å². The molecule has 1 N–H and O–H groups in total. The molecule has 0 heterocycles. The first-order chi connectivity index (χ1) is 7.00. The van der Waals surface area contributed by atoms with Crippen LogP contribution in [-0.2, 0) is 0 Å². The summed E-state index contributed by atoms with van der Waals surface area (Å²) >= 11 is 0. The molecule has 0 aliphatic carbocycles. The maximum atomic E-state index is 9.10. The third-order valence-electron chi connectivity index (χ3n) is 2.35. The summed E-state index contributed by atoms with van der Waals surface area (Å²) in [6.45, 7) is 8.51. The van der Waals surface area contributed by atoms with Gasteiger partial charge in [0.15, 0.2) is 0 Å². The molecular formula is C13H20O2. The number of hydrogen-bond donors (Lipinski definition) is 1. The predicted octanol–water partition coefficient (Wildman–Crippen LogP) is 2.88. The lowest BCUT2D eigenvalue weighted by molar-refractivity contribution is 0.122. The Kier molecular flexibility index (Phi) is 4.15. The molecule has 0 aliphatic heterocycles.